The average Bonchev–Trinajstić information content (AvgIpc) is 3.01. The number of alkyl halides is 3. The molecule has 0 radical (unpaired) electrons. The van der Waals surface area contributed by atoms with E-state index in [1.807, 2.05) is 0 Å². The van der Waals surface area contributed by atoms with Crippen LogP contribution in [-0.2, 0) is 33.8 Å². The van der Waals surface area contributed by atoms with E-state index in [-0.39, 0.29) is 36.5 Å². The van der Waals surface area contributed by atoms with Gasteiger partial charge in [-0.05, 0) is 42.3 Å². The Bertz CT molecular complexity index is 1330. The highest BCUT2D eigenvalue weighted by molar-refractivity contribution is 7.90. The van der Waals surface area contributed by atoms with Crippen molar-refractivity contribution in [2.75, 3.05) is 18.2 Å². The Morgan fingerprint density at radius 1 is 1.15 bits per heavy atom. The Labute approximate surface area is 193 Å². The normalized spacial score (nSPS) is 12.1. The number of amides is 1. The van der Waals surface area contributed by atoms with Crippen LogP contribution in [0.2, 0.25) is 0 Å². The molecule has 1 heterocycles. The number of hydrogen-bond donors (Lipinski definition) is 2. The number of rotatable bonds is 7. The van der Waals surface area contributed by atoms with Crippen LogP contribution in [0.4, 0.5) is 23.2 Å². The zero-order valence-electron chi connectivity index (χ0n) is 18.3. The summed E-state index contributed by atoms with van der Waals surface area (Å²) in [5.74, 6) is -1.59. The number of halogens is 4. The Hall–Kier alpha value is -3.18. The number of hydrogen-bond acceptors (Lipinski definition) is 4. The van der Waals surface area contributed by atoms with Crippen LogP contribution >= 0.6 is 0 Å². The van der Waals surface area contributed by atoms with Crippen molar-refractivity contribution in [2.45, 2.75) is 31.0 Å². The molecule has 34 heavy (non-hydrogen) atoms. The van der Waals surface area contributed by atoms with Gasteiger partial charge in [-0.15, -0.1) is 0 Å². The molecule has 3 rings (SSSR count). The molecule has 0 aliphatic carbocycles. The van der Waals surface area contributed by atoms with Gasteiger partial charge in [-0.2, -0.15) is 13.2 Å². The second-order valence-electron chi connectivity index (χ2n) is 7.73. The molecule has 1 amide bonds. The lowest BCUT2D eigenvalue weighted by Crippen LogP contribution is -2.15. The van der Waals surface area contributed by atoms with E-state index in [1.165, 1.54) is 35.0 Å². The third kappa shape index (κ3) is 5.48. The molecule has 0 unspecified atom stereocenters. The molecule has 0 aliphatic heterocycles. The molecule has 0 saturated carbocycles. The zero-order chi connectivity index (χ0) is 25.3. The molecule has 0 spiro atoms. The van der Waals surface area contributed by atoms with Gasteiger partial charge in [0.15, 0.2) is 9.84 Å². The first kappa shape index (κ1) is 25.4. The van der Waals surface area contributed by atoms with Crippen molar-refractivity contribution >= 4 is 21.4 Å². The number of aromatic nitrogens is 1. The van der Waals surface area contributed by atoms with E-state index in [0.717, 1.165) is 24.5 Å². The second kappa shape index (κ2) is 9.59. The molecule has 1 aromatic heterocycles. The third-order valence-corrected chi connectivity index (χ3v) is 6.36. The van der Waals surface area contributed by atoms with E-state index in [9.17, 15) is 35.9 Å². The van der Waals surface area contributed by atoms with E-state index in [4.69, 9.17) is 0 Å². The van der Waals surface area contributed by atoms with Crippen LogP contribution in [0.3, 0.4) is 0 Å². The summed E-state index contributed by atoms with van der Waals surface area (Å²) in [4.78, 5) is 12.1. The predicted molar refractivity (Wildman–Crippen MR) is 119 cm³/mol. The Kier molecular flexibility index (Phi) is 7.18. The van der Waals surface area contributed by atoms with Gasteiger partial charge in [0.25, 0.3) is 0 Å². The van der Waals surface area contributed by atoms with Crippen molar-refractivity contribution in [3.63, 3.8) is 0 Å². The fourth-order valence-electron chi connectivity index (χ4n) is 3.73. The maximum atomic E-state index is 14.1. The van der Waals surface area contributed by atoms with Gasteiger partial charge in [0, 0.05) is 30.2 Å². The lowest BCUT2D eigenvalue weighted by atomic mass is 9.99. The van der Waals surface area contributed by atoms with E-state index < -0.39 is 38.2 Å². The van der Waals surface area contributed by atoms with E-state index in [1.54, 1.807) is 6.92 Å². The van der Waals surface area contributed by atoms with Crippen molar-refractivity contribution in [3.8, 4) is 11.3 Å². The fraction of sp³-hybridized carbons (Fsp3) is 0.261. The van der Waals surface area contributed by atoms with Crippen LogP contribution in [0.25, 0.3) is 11.3 Å². The number of carbonyl (C=O) groups is 1. The van der Waals surface area contributed by atoms with Gasteiger partial charge in [-0.1, -0.05) is 18.2 Å². The predicted octanol–water partition coefficient (Wildman–Crippen LogP) is 4.20. The van der Waals surface area contributed by atoms with Gasteiger partial charge in [0.1, 0.15) is 10.7 Å². The summed E-state index contributed by atoms with van der Waals surface area (Å²) in [6.45, 7) is 1.27. The number of nitrogens with one attached hydrogen (secondary N) is 1. The molecule has 11 heteroatoms. The van der Waals surface area contributed by atoms with Gasteiger partial charge in [-0.3, -0.25) is 4.79 Å². The van der Waals surface area contributed by atoms with Crippen LogP contribution in [0, 0.1) is 12.7 Å². The molecule has 3 aromatic rings. The van der Waals surface area contributed by atoms with Crippen molar-refractivity contribution in [3.05, 3.63) is 71.2 Å². The smallest absolute Gasteiger partial charge is 0.395 e. The maximum Gasteiger partial charge on any atom is 0.417 e. The molecule has 0 bridgehead atoms. The van der Waals surface area contributed by atoms with Gasteiger partial charge in [-0.25, -0.2) is 12.8 Å². The minimum absolute atomic E-state index is 0.0160. The lowest BCUT2D eigenvalue weighted by molar-refractivity contribution is -0.137. The Balaban J connectivity index is 1.93. The molecule has 0 saturated heterocycles. The highest BCUT2D eigenvalue weighted by atomic mass is 32.2. The summed E-state index contributed by atoms with van der Waals surface area (Å²) < 4.78 is 79.4. The Morgan fingerprint density at radius 2 is 1.82 bits per heavy atom. The first-order valence-corrected chi connectivity index (χ1v) is 12.0. The van der Waals surface area contributed by atoms with Crippen molar-refractivity contribution in [1.82, 2.24) is 4.57 Å². The topological polar surface area (TPSA) is 88.4 Å². The summed E-state index contributed by atoms with van der Waals surface area (Å²) >= 11 is 0. The molecular weight excluding hydrogens is 476 g/mol. The van der Waals surface area contributed by atoms with Gasteiger partial charge < -0.3 is 15.0 Å². The minimum Gasteiger partial charge on any atom is -0.395 e. The third-order valence-electron chi connectivity index (χ3n) is 5.23. The van der Waals surface area contributed by atoms with Crippen LogP contribution in [0.15, 0.2) is 53.6 Å². The SMILES string of the molecule is Cc1c(CC(=O)Nc2ccc(S(C)(=O)=O)c(F)c2)cn(CCO)c1-c1ccccc1C(F)(F)F. The largest absolute Gasteiger partial charge is 0.417 e. The summed E-state index contributed by atoms with van der Waals surface area (Å²) in [7, 11) is -3.77. The zero-order valence-corrected chi connectivity index (χ0v) is 19.1. The highest BCUT2D eigenvalue weighted by Crippen LogP contribution is 2.39. The quantitative estimate of drug-likeness (QED) is 0.478. The minimum atomic E-state index is -4.60. The summed E-state index contributed by atoms with van der Waals surface area (Å²) in [6, 6.07) is 8.21. The van der Waals surface area contributed by atoms with Crippen LogP contribution in [0.1, 0.15) is 16.7 Å². The maximum absolute atomic E-state index is 14.1. The monoisotopic (exact) mass is 498 g/mol. The van der Waals surface area contributed by atoms with Crippen molar-refractivity contribution in [1.29, 1.82) is 0 Å². The second-order valence-corrected chi connectivity index (χ2v) is 9.71. The summed E-state index contributed by atoms with van der Waals surface area (Å²) in [5.41, 5.74) is 0.197. The van der Waals surface area contributed by atoms with Crippen molar-refractivity contribution in [2.24, 2.45) is 0 Å². The van der Waals surface area contributed by atoms with E-state index in [0.29, 0.717) is 11.1 Å². The molecular formula is C23H22F4N2O4S. The Morgan fingerprint density at radius 3 is 2.41 bits per heavy atom. The summed E-state index contributed by atoms with van der Waals surface area (Å²) in [6.07, 6.45) is -2.48. The molecule has 0 fully saturated rings. The lowest BCUT2D eigenvalue weighted by Gasteiger charge is -2.16. The number of aliphatic hydroxyl groups excluding tert-OH is 1. The van der Waals surface area contributed by atoms with Gasteiger partial charge in [0.05, 0.1) is 24.3 Å². The number of carbonyl (C=O) groups excluding carboxylic acids is 1. The van der Waals surface area contributed by atoms with Crippen LogP contribution < -0.4 is 5.32 Å². The average molecular weight is 498 g/mol. The number of benzene rings is 2. The molecule has 2 N–H and O–H groups in total. The van der Waals surface area contributed by atoms with Gasteiger partial charge >= 0.3 is 6.18 Å². The molecule has 182 valence electrons. The first-order valence-electron chi connectivity index (χ1n) is 10.1. The van der Waals surface area contributed by atoms with Crippen LogP contribution in [-0.4, -0.2) is 36.9 Å². The van der Waals surface area contributed by atoms with Crippen molar-refractivity contribution < 1.29 is 35.9 Å². The molecule has 2 aromatic carbocycles. The number of sulfone groups is 1. The highest BCUT2D eigenvalue weighted by Gasteiger charge is 2.34. The number of anilines is 1. The standard InChI is InChI=1S/C23H22F4N2O4S/c1-14-15(11-21(31)28-16-7-8-20(19(24)12-16)34(2,32)33)13-29(9-10-30)22(14)17-5-3-4-6-18(17)23(25,26)27/h3-8,12-13,30H,9-11H2,1-2H3,(H,28,31). The van der Waals surface area contributed by atoms with E-state index >= 15 is 0 Å². The molecule has 6 nitrogen and oxygen atoms in total. The first-order chi connectivity index (χ1) is 15.8. The van der Waals surface area contributed by atoms with Crippen LogP contribution in [0.5, 0.6) is 0 Å². The summed E-state index contributed by atoms with van der Waals surface area (Å²) in [5, 5.41) is 11.9. The fourth-order valence-corrected chi connectivity index (χ4v) is 4.46. The molecule has 0 aliphatic rings. The number of nitrogens with zero attached hydrogens (tertiary/aromatic N) is 1. The molecule has 0 atom stereocenters. The van der Waals surface area contributed by atoms with E-state index in [2.05, 4.69) is 5.32 Å². The van der Waals surface area contributed by atoms with Gasteiger partial charge in [0.2, 0.25) is 5.91 Å². The number of aliphatic hydroxyl groups is 1.